The van der Waals surface area contributed by atoms with Crippen molar-refractivity contribution in [3.05, 3.63) is 88.1 Å². The maximum Gasteiger partial charge on any atom is 0.416 e. The van der Waals surface area contributed by atoms with Crippen molar-refractivity contribution in [2.75, 3.05) is 6.54 Å². The number of Topliss-reactive ketones (excluding diaryl/α,β-unsaturated/α-hetero) is 1. The zero-order chi connectivity index (χ0) is 30.4. The molecule has 0 N–H and O–H groups in total. The highest BCUT2D eigenvalue weighted by Gasteiger charge is 2.40. The van der Waals surface area contributed by atoms with E-state index in [4.69, 9.17) is 4.42 Å². The molecule has 0 amide bonds. The maximum atomic E-state index is 13.6. The van der Waals surface area contributed by atoms with Crippen LogP contribution in [0, 0.1) is 5.82 Å². The molecule has 1 fully saturated rings. The lowest BCUT2D eigenvalue weighted by atomic mass is 9.99. The van der Waals surface area contributed by atoms with Gasteiger partial charge in [-0.1, -0.05) is 12.1 Å². The van der Waals surface area contributed by atoms with Crippen molar-refractivity contribution in [1.29, 1.82) is 0 Å². The van der Waals surface area contributed by atoms with Gasteiger partial charge in [-0.05, 0) is 80.6 Å². The summed E-state index contributed by atoms with van der Waals surface area (Å²) < 4.78 is 87.5. The predicted octanol–water partition coefficient (Wildman–Crippen LogP) is 6.36. The van der Waals surface area contributed by atoms with E-state index in [1.165, 1.54) is 28.8 Å². The predicted molar refractivity (Wildman–Crippen MR) is 148 cm³/mol. The first-order valence-corrected chi connectivity index (χ1v) is 14.9. The first kappa shape index (κ1) is 29.7. The number of fused-ring (bicyclic) bond motifs is 1. The van der Waals surface area contributed by atoms with E-state index in [2.05, 4.69) is 0 Å². The molecule has 4 aromatic rings. The third kappa shape index (κ3) is 5.78. The fourth-order valence-corrected chi connectivity index (χ4v) is 6.87. The summed E-state index contributed by atoms with van der Waals surface area (Å²) in [7, 11) is -4.20. The molecule has 1 aliphatic heterocycles. The largest absolute Gasteiger partial charge is 0.443 e. The van der Waals surface area contributed by atoms with Gasteiger partial charge in [0.15, 0.2) is 5.78 Å². The van der Waals surface area contributed by atoms with Crippen LogP contribution >= 0.6 is 0 Å². The Morgan fingerprint density at radius 3 is 2.43 bits per heavy atom. The van der Waals surface area contributed by atoms with Crippen molar-refractivity contribution < 1.29 is 35.2 Å². The highest BCUT2D eigenvalue weighted by molar-refractivity contribution is 7.89. The van der Waals surface area contributed by atoms with E-state index in [9.17, 15) is 35.6 Å². The highest BCUT2D eigenvalue weighted by atomic mass is 32.2. The Bertz CT molecular complexity index is 1810. The first-order chi connectivity index (χ1) is 19.8. The van der Waals surface area contributed by atoms with Gasteiger partial charge in [-0.25, -0.2) is 12.8 Å². The molecule has 12 heteroatoms. The van der Waals surface area contributed by atoms with Gasteiger partial charge < -0.3 is 8.98 Å². The number of carbonyl (C=O) groups excluding carboxylic acids is 1. The minimum atomic E-state index is -4.48. The Morgan fingerprint density at radius 1 is 1.05 bits per heavy atom. The molecule has 0 radical (unpaired) electrons. The van der Waals surface area contributed by atoms with E-state index in [1.807, 2.05) is 0 Å². The van der Waals surface area contributed by atoms with Crippen LogP contribution in [0.2, 0.25) is 0 Å². The summed E-state index contributed by atoms with van der Waals surface area (Å²) in [6, 6.07) is 9.83. The van der Waals surface area contributed by atoms with Gasteiger partial charge in [0.1, 0.15) is 11.4 Å². The second-order valence-corrected chi connectivity index (χ2v) is 12.4. The summed E-state index contributed by atoms with van der Waals surface area (Å²) in [5, 5.41) is -0.100. The standard InChI is InChI=1S/C30H28F4N2O5S/c1-18(2)35-17-22(19-5-8-23(9-6-19)30(32,33)34)14-20(29(35)38)7-11-26(37)25-4-3-13-36(25)42(39,40)28-16-21-15-24(31)10-12-27(21)41-28/h5-6,8-10,12,14-18,25H,3-4,7,11,13H2,1-2H3/t25-/m0/s1. The number of aromatic nitrogens is 1. The average Bonchev–Trinajstić information content (AvgIpc) is 3.60. The van der Waals surface area contributed by atoms with E-state index in [0.29, 0.717) is 29.5 Å². The molecule has 0 spiro atoms. The SMILES string of the molecule is CC(C)n1cc(-c2ccc(C(F)(F)F)cc2)cc(CCC(=O)[C@@H]2CCCN2S(=O)(=O)c2cc3cc(F)ccc3o2)c1=O. The lowest BCUT2D eigenvalue weighted by Gasteiger charge is -2.22. The minimum Gasteiger partial charge on any atom is -0.443 e. The van der Waals surface area contributed by atoms with E-state index in [0.717, 1.165) is 28.6 Å². The zero-order valence-corrected chi connectivity index (χ0v) is 23.6. The fourth-order valence-electron chi connectivity index (χ4n) is 5.24. The number of ketones is 1. The van der Waals surface area contributed by atoms with Gasteiger partial charge in [-0.3, -0.25) is 9.59 Å². The van der Waals surface area contributed by atoms with Crippen LogP contribution < -0.4 is 5.56 Å². The van der Waals surface area contributed by atoms with Gasteiger partial charge >= 0.3 is 6.18 Å². The summed E-state index contributed by atoms with van der Waals surface area (Å²) >= 11 is 0. The number of rotatable bonds is 8. The molecule has 0 saturated carbocycles. The number of hydrogen-bond donors (Lipinski definition) is 0. The topological polar surface area (TPSA) is 89.6 Å². The van der Waals surface area contributed by atoms with Crippen LogP contribution in [0.25, 0.3) is 22.1 Å². The number of sulfonamides is 1. The summed E-state index contributed by atoms with van der Waals surface area (Å²) in [5.41, 5.74) is 0.362. The third-order valence-corrected chi connectivity index (χ3v) is 9.22. The van der Waals surface area contributed by atoms with Crippen molar-refractivity contribution in [3.63, 3.8) is 0 Å². The smallest absolute Gasteiger partial charge is 0.416 e. The molecule has 2 aromatic heterocycles. The van der Waals surface area contributed by atoms with E-state index >= 15 is 0 Å². The van der Waals surface area contributed by atoms with Gasteiger partial charge in [0.2, 0.25) is 5.09 Å². The Kier molecular flexibility index (Phi) is 7.88. The van der Waals surface area contributed by atoms with Crippen LogP contribution in [0.1, 0.15) is 50.3 Å². The lowest BCUT2D eigenvalue weighted by Crippen LogP contribution is -2.40. The number of alkyl halides is 3. The molecule has 1 saturated heterocycles. The number of nitrogens with zero attached hydrogens (tertiary/aromatic N) is 2. The number of pyridine rings is 1. The van der Waals surface area contributed by atoms with Gasteiger partial charge in [-0.2, -0.15) is 17.5 Å². The van der Waals surface area contributed by atoms with Gasteiger partial charge in [0.05, 0.1) is 11.6 Å². The van der Waals surface area contributed by atoms with Gasteiger partial charge in [0, 0.05) is 42.2 Å². The fraction of sp³-hybridized carbons (Fsp3) is 0.333. The molecule has 2 aromatic carbocycles. The number of furan rings is 1. The van der Waals surface area contributed by atoms with Crippen molar-refractivity contribution in [2.24, 2.45) is 0 Å². The Labute approximate surface area is 239 Å². The Hall–Kier alpha value is -3.77. The molecule has 1 aliphatic rings. The number of halogens is 4. The maximum absolute atomic E-state index is 13.6. The summed E-state index contributed by atoms with van der Waals surface area (Å²) in [5.74, 6) is -0.908. The van der Waals surface area contributed by atoms with E-state index in [-0.39, 0.29) is 52.8 Å². The van der Waals surface area contributed by atoms with Crippen molar-refractivity contribution >= 4 is 26.8 Å². The van der Waals surface area contributed by atoms with E-state index in [1.54, 1.807) is 26.1 Å². The average molecular weight is 605 g/mol. The molecular weight excluding hydrogens is 576 g/mol. The second kappa shape index (κ2) is 11.1. The number of benzene rings is 2. The van der Waals surface area contributed by atoms with Crippen molar-refractivity contribution in [2.45, 2.75) is 62.9 Å². The minimum absolute atomic E-state index is 0.0210. The van der Waals surface area contributed by atoms with Crippen LogP contribution in [0.5, 0.6) is 0 Å². The van der Waals surface area contributed by atoms with Crippen LogP contribution in [-0.4, -0.2) is 35.7 Å². The Balaban J connectivity index is 1.38. The molecule has 7 nitrogen and oxygen atoms in total. The van der Waals surface area contributed by atoms with Crippen LogP contribution in [0.3, 0.4) is 0 Å². The van der Waals surface area contributed by atoms with Crippen molar-refractivity contribution in [1.82, 2.24) is 8.87 Å². The molecule has 222 valence electrons. The van der Waals surface area contributed by atoms with Gasteiger partial charge in [-0.15, -0.1) is 0 Å². The first-order valence-electron chi connectivity index (χ1n) is 13.4. The van der Waals surface area contributed by atoms with Crippen LogP contribution in [-0.2, 0) is 27.4 Å². The molecule has 0 aliphatic carbocycles. The lowest BCUT2D eigenvalue weighted by molar-refractivity contribution is -0.137. The molecule has 42 heavy (non-hydrogen) atoms. The highest BCUT2D eigenvalue weighted by Crippen LogP contribution is 2.33. The number of aryl methyl sites for hydroxylation is 1. The monoisotopic (exact) mass is 604 g/mol. The Morgan fingerprint density at radius 2 is 1.76 bits per heavy atom. The molecular formula is C30H28F4N2O5S. The zero-order valence-electron chi connectivity index (χ0n) is 22.8. The van der Waals surface area contributed by atoms with E-state index < -0.39 is 33.6 Å². The quantitative estimate of drug-likeness (QED) is 0.219. The van der Waals surface area contributed by atoms with Crippen LogP contribution in [0.15, 0.2) is 75.1 Å². The molecule has 0 bridgehead atoms. The van der Waals surface area contributed by atoms with Crippen molar-refractivity contribution in [3.8, 4) is 11.1 Å². The molecule has 3 heterocycles. The second-order valence-electron chi connectivity index (χ2n) is 10.6. The molecule has 1 atom stereocenters. The molecule has 5 rings (SSSR count). The molecule has 0 unspecified atom stereocenters. The summed E-state index contributed by atoms with van der Waals surface area (Å²) in [6.45, 7) is 3.69. The normalized spacial score (nSPS) is 16.5. The summed E-state index contributed by atoms with van der Waals surface area (Å²) in [6.07, 6.45) is -2.25. The van der Waals surface area contributed by atoms with Crippen LogP contribution in [0.4, 0.5) is 17.6 Å². The number of carbonyl (C=O) groups is 1. The third-order valence-electron chi connectivity index (χ3n) is 7.45. The van der Waals surface area contributed by atoms with Gasteiger partial charge in [0.25, 0.3) is 15.6 Å². The number of hydrogen-bond acceptors (Lipinski definition) is 5. The summed E-state index contributed by atoms with van der Waals surface area (Å²) in [4.78, 5) is 26.5.